The molecule has 0 unspecified atom stereocenters. The topological polar surface area (TPSA) is 40.5 Å². The van der Waals surface area contributed by atoms with Gasteiger partial charge in [0.15, 0.2) is 0 Å². The second kappa shape index (κ2) is 4.78. The number of carboxylic acids is 1. The molecule has 0 aliphatic carbocycles. The fourth-order valence-electron chi connectivity index (χ4n) is 2.21. The van der Waals surface area contributed by atoms with E-state index in [1.54, 1.807) is 0 Å². The molecule has 14 heavy (non-hydrogen) atoms. The Morgan fingerprint density at radius 1 is 1.36 bits per heavy atom. The van der Waals surface area contributed by atoms with Gasteiger partial charge in [0, 0.05) is 19.5 Å². The predicted octanol–water partition coefficient (Wildman–Crippen LogP) is 1.97. The molecule has 1 saturated heterocycles. The Hall–Kier alpha value is -0.570. The van der Waals surface area contributed by atoms with Gasteiger partial charge in [0.05, 0.1) is 0 Å². The highest BCUT2D eigenvalue weighted by Crippen LogP contribution is 2.36. The lowest BCUT2D eigenvalue weighted by atomic mass is 9.75. The minimum Gasteiger partial charge on any atom is -0.481 e. The molecule has 0 aromatic rings. The smallest absolute Gasteiger partial charge is 0.303 e. The van der Waals surface area contributed by atoms with Crippen LogP contribution in [0.15, 0.2) is 0 Å². The molecule has 0 amide bonds. The van der Waals surface area contributed by atoms with E-state index in [0.29, 0.717) is 11.8 Å². The first-order valence-corrected chi connectivity index (χ1v) is 5.56. The first kappa shape index (κ1) is 11.5. The Morgan fingerprint density at radius 3 is 2.36 bits per heavy atom. The first-order chi connectivity index (χ1) is 6.62. The van der Waals surface area contributed by atoms with E-state index in [9.17, 15) is 4.79 Å². The Bertz CT molecular complexity index is 191. The van der Waals surface area contributed by atoms with E-state index in [-0.39, 0.29) is 0 Å². The van der Waals surface area contributed by atoms with Gasteiger partial charge in [-0.1, -0.05) is 13.8 Å². The van der Waals surface area contributed by atoms with E-state index in [1.807, 2.05) is 0 Å². The third kappa shape index (κ3) is 2.71. The molecule has 0 aromatic heterocycles. The SMILES string of the molecule is CCC1(CC)CN(CCCC(=O)O)C1. The van der Waals surface area contributed by atoms with Crippen LogP contribution < -0.4 is 0 Å². The van der Waals surface area contributed by atoms with Gasteiger partial charge in [0.1, 0.15) is 0 Å². The van der Waals surface area contributed by atoms with Crippen molar-refractivity contribution in [2.24, 2.45) is 5.41 Å². The summed E-state index contributed by atoms with van der Waals surface area (Å²) in [6, 6.07) is 0. The summed E-state index contributed by atoms with van der Waals surface area (Å²) in [7, 11) is 0. The molecule has 1 aliphatic rings. The Morgan fingerprint density at radius 2 is 1.93 bits per heavy atom. The van der Waals surface area contributed by atoms with E-state index in [0.717, 1.165) is 13.0 Å². The Labute approximate surface area is 86.1 Å². The Kier molecular flexibility index (Phi) is 3.93. The summed E-state index contributed by atoms with van der Waals surface area (Å²) in [5.74, 6) is -0.678. The highest BCUT2D eigenvalue weighted by Gasteiger charge is 2.38. The van der Waals surface area contributed by atoms with Crippen molar-refractivity contribution in [3.8, 4) is 0 Å². The maximum atomic E-state index is 10.3. The number of aliphatic carboxylic acids is 1. The second-order valence-electron chi connectivity index (χ2n) is 4.42. The van der Waals surface area contributed by atoms with Gasteiger partial charge in [-0.15, -0.1) is 0 Å². The normalized spacial score (nSPS) is 20.4. The van der Waals surface area contributed by atoms with Gasteiger partial charge in [0.2, 0.25) is 0 Å². The van der Waals surface area contributed by atoms with Crippen LogP contribution in [0.25, 0.3) is 0 Å². The molecule has 0 aromatic carbocycles. The molecule has 1 heterocycles. The van der Waals surface area contributed by atoms with Crippen molar-refractivity contribution >= 4 is 5.97 Å². The van der Waals surface area contributed by atoms with Crippen molar-refractivity contribution in [1.29, 1.82) is 0 Å². The van der Waals surface area contributed by atoms with Crippen LogP contribution in [0.4, 0.5) is 0 Å². The van der Waals surface area contributed by atoms with E-state index >= 15 is 0 Å². The molecular formula is C11H21NO2. The Balaban J connectivity index is 2.12. The van der Waals surface area contributed by atoms with Crippen LogP contribution in [-0.2, 0) is 4.79 Å². The summed E-state index contributed by atoms with van der Waals surface area (Å²) in [5.41, 5.74) is 0.545. The number of hydrogen-bond donors (Lipinski definition) is 1. The number of nitrogens with zero attached hydrogens (tertiary/aromatic N) is 1. The maximum Gasteiger partial charge on any atom is 0.303 e. The molecule has 1 fully saturated rings. The predicted molar refractivity (Wildman–Crippen MR) is 56.3 cm³/mol. The average molecular weight is 199 g/mol. The van der Waals surface area contributed by atoms with Crippen LogP contribution in [0.1, 0.15) is 39.5 Å². The fraction of sp³-hybridized carbons (Fsp3) is 0.909. The average Bonchev–Trinajstić information content (AvgIpc) is 2.09. The zero-order valence-corrected chi connectivity index (χ0v) is 9.25. The highest BCUT2D eigenvalue weighted by atomic mass is 16.4. The number of likely N-dealkylation sites (tertiary alicyclic amines) is 1. The lowest BCUT2D eigenvalue weighted by molar-refractivity contribution is -0.137. The molecule has 3 nitrogen and oxygen atoms in total. The number of rotatable bonds is 6. The molecule has 0 atom stereocenters. The zero-order valence-electron chi connectivity index (χ0n) is 9.25. The summed E-state index contributed by atoms with van der Waals surface area (Å²) in [4.78, 5) is 12.7. The fourth-order valence-corrected chi connectivity index (χ4v) is 2.21. The minimum absolute atomic E-state index is 0.307. The molecule has 1 rings (SSSR count). The molecule has 0 saturated carbocycles. The van der Waals surface area contributed by atoms with Crippen molar-refractivity contribution < 1.29 is 9.90 Å². The summed E-state index contributed by atoms with van der Waals surface area (Å²) in [5, 5.41) is 8.49. The van der Waals surface area contributed by atoms with Crippen LogP contribution in [0.3, 0.4) is 0 Å². The van der Waals surface area contributed by atoms with Crippen LogP contribution in [-0.4, -0.2) is 35.6 Å². The van der Waals surface area contributed by atoms with Crippen molar-refractivity contribution in [3.63, 3.8) is 0 Å². The molecule has 1 aliphatic heterocycles. The van der Waals surface area contributed by atoms with Gasteiger partial charge >= 0.3 is 5.97 Å². The monoisotopic (exact) mass is 199 g/mol. The van der Waals surface area contributed by atoms with Gasteiger partial charge < -0.3 is 10.0 Å². The first-order valence-electron chi connectivity index (χ1n) is 5.56. The summed E-state index contributed by atoms with van der Waals surface area (Å²) < 4.78 is 0. The highest BCUT2D eigenvalue weighted by molar-refractivity contribution is 5.66. The van der Waals surface area contributed by atoms with E-state index in [1.165, 1.54) is 25.9 Å². The lowest BCUT2D eigenvalue weighted by Crippen LogP contribution is -2.55. The maximum absolute atomic E-state index is 10.3. The molecular weight excluding hydrogens is 178 g/mol. The number of hydrogen-bond acceptors (Lipinski definition) is 2. The summed E-state index contributed by atoms with van der Waals surface area (Å²) in [6.45, 7) is 7.78. The number of carbonyl (C=O) groups is 1. The molecule has 0 bridgehead atoms. The summed E-state index contributed by atoms with van der Waals surface area (Å²) in [6.07, 6.45) is 3.60. The van der Waals surface area contributed by atoms with Crippen LogP contribution in [0.5, 0.6) is 0 Å². The second-order valence-corrected chi connectivity index (χ2v) is 4.42. The van der Waals surface area contributed by atoms with Crippen molar-refractivity contribution in [2.75, 3.05) is 19.6 Å². The van der Waals surface area contributed by atoms with Crippen LogP contribution >= 0.6 is 0 Å². The van der Waals surface area contributed by atoms with Gasteiger partial charge in [-0.2, -0.15) is 0 Å². The van der Waals surface area contributed by atoms with Crippen molar-refractivity contribution in [3.05, 3.63) is 0 Å². The molecule has 0 radical (unpaired) electrons. The van der Waals surface area contributed by atoms with Gasteiger partial charge in [-0.25, -0.2) is 0 Å². The quantitative estimate of drug-likeness (QED) is 0.711. The molecule has 1 N–H and O–H groups in total. The molecule has 82 valence electrons. The van der Waals surface area contributed by atoms with Crippen molar-refractivity contribution in [1.82, 2.24) is 4.90 Å². The number of carboxylic acid groups (broad SMARTS) is 1. The van der Waals surface area contributed by atoms with Crippen LogP contribution in [0, 0.1) is 5.41 Å². The lowest BCUT2D eigenvalue weighted by Gasteiger charge is -2.50. The zero-order chi connectivity index (χ0) is 10.6. The largest absolute Gasteiger partial charge is 0.481 e. The molecule has 3 heteroatoms. The van der Waals surface area contributed by atoms with Gasteiger partial charge in [-0.3, -0.25) is 4.79 Å². The minimum atomic E-state index is -0.678. The van der Waals surface area contributed by atoms with Gasteiger partial charge in [-0.05, 0) is 31.2 Å². The van der Waals surface area contributed by atoms with E-state index < -0.39 is 5.97 Å². The standard InChI is InChI=1S/C11H21NO2/c1-3-11(4-2)8-12(9-11)7-5-6-10(13)14/h3-9H2,1-2H3,(H,13,14). The van der Waals surface area contributed by atoms with Gasteiger partial charge in [0.25, 0.3) is 0 Å². The third-order valence-corrected chi connectivity index (χ3v) is 3.48. The van der Waals surface area contributed by atoms with E-state index in [2.05, 4.69) is 18.7 Å². The van der Waals surface area contributed by atoms with E-state index in [4.69, 9.17) is 5.11 Å². The third-order valence-electron chi connectivity index (χ3n) is 3.48. The molecule has 0 spiro atoms. The van der Waals surface area contributed by atoms with Crippen LogP contribution in [0.2, 0.25) is 0 Å². The van der Waals surface area contributed by atoms with Crippen molar-refractivity contribution in [2.45, 2.75) is 39.5 Å². The summed E-state index contributed by atoms with van der Waals surface area (Å²) >= 11 is 0.